The molecule has 94 valence electrons. The third-order valence-corrected chi connectivity index (χ3v) is 4.37. The predicted octanol–water partition coefficient (Wildman–Crippen LogP) is 4.11. The average Bonchev–Trinajstić information content (AvgIpc) is 2.70. The first kappa shape index (κ1) is 13.0. The van der Waals surface area contributed by atoms with Gasteiger partial charge < -0.3 is 5.32 Å². The Morgan fingerprint density at radius 2 is 2.24 bits per heavy atom. The van der Waals surface area contributed by atoms with Gasteiger partial charge in [0.15, 0.2) is 0 Å². The van der Waals surface area contributed by atoms with Crippen molar-refractivity contribution in [3.63, 3.8) is 0 Å². The highest BCUT2D eigenvalue weighted by Gasteiger charge is 2.22. The molecule has 0 saturated heterocycles. The fraction of sp³-hybridized carbons (Fsp3) is 0.571. The van der Waals surface area contributed by atoms with Crippen molar-refractivity contribution in [2.24, 2.45) is 11.8 Å². The van der Waals surface area contributed by atoms with E-state index >= 15 is 0 Å². The van der Waals surface area contributed by atoms with Crippen LogP contribution in [0.1, 0.15) is 31.7 Å². The summed E-state index contributed by atoms with van der Waals surface area (Å²) in [4.78, 5) is 0. The first-order valence-electron chi connectivity index (χ1n) is 6.31. The van der Waals surface area contributed by atoms with Crippen LogP contribution in [0.4, 0.5) is 4.39 Å². The predicted molar refractivity (Wildman–Crippen MR) is 72.3 cm³/mol. The van der Waals surface area contributed by atoms with Crippen LogP contribution in [-0.4, -0.2) is 6.54 Å². The van der Waals surface area contributed by atoms with E-state index in [-0.39, 0.29) is 5.82 Å². The van der Waals surface area contributed by atoms with Gasteiger partial charge in [-0.05, 0) is 58.4 Å². The summed E-state index contributed by atoms with van der Waals surface area (Å²) in [6, 6.07) is 5.20. The lowest BCUT2D eigenvalue weighted by Gasteiger charge is -2.16. The van der Waals surface area contributed by atoms with Gasteiger partial charge in [0.25, 0.3) is 0 Å². The van der Waals surface area contributed by atoms with Crippen molar-refractivity contribution in [2.45, 2.75) is 32.7 Å². The quantitative estimate of drug-likeness (QED) is 0.882. The molecular weight excluding hydrogens is 281 g/mol. The van der Waals surface area contributed by atoms with E-state index in [1.54, 1.807) is 0 Å². The van der Waals surface area contributed by atoms with E-state index < -0.39 is 0 Å². The number of halogens is 2. The molecule has 1 N–H and O–H groups in total. The monoisotopic (exact) mass is 299 g/mol. The van der Waals surface area contributed by atoms with E-state index in [1.165, 1.54) is 25.3 Å². The second kappa shape index (κ2) is 5.96. The van der Waals surface area contributed by atoms with E-state index in [0.717, 1.165) is 30.5 Å². The Hall–Kier alpha value is -0.410. The van der Waals surface area contributed by atoms with Gasteiger partial charge >= 0.3 is 0 Å². The van der Waals surface area contributed by atoms with Crippen molar-refractivity contribution >= 4 is 15.9 Å². The van der Waals surface area contributed by atoms with Crippen molar-refractivity contribution in [2.75, 3.05) is 6.54 Å². The summed E-state index contributed by atoms with van der Waals surface area (Å²) in [5.74, 6) is 1.47. The number of hydrogen-bond donors (Lipinski definition) is 1. The molecule has 1 aliphatic carbocycles. The smallest absolute Gasteiger partial charge is 0.137 e. The standard InChI is InChI=1S/C14H19BrFN/c1-10-3-2-4-12(10)9-17-8-11-5-6-14(16)13(15)7-11/h5-7,10,12,17H,2-4,8-9H2,1H3. The summed E-state index contributed by atoms with van der Waals surface area (Å²) >= 11 is 3.21. The maximum Gasteiger partial charge on any atom is 0.137 e. The van der Waals surface area contributed by atoms with Crippen LogP contribution in [-0.2, 0) is 6.54 Å². The highest BCUT2D eigenvalue weighted by Crippen LogP contribution is 2.30. The Morgan fingerprint density at radius 3 is 2.88 bits per heavy atom. The largest absolute Gasteiger partial charge is 0.312 e. The maximum absolute atomic E-state index is 13.1. The van der Waals surface area contributed by atoms with Crippen LogP contribution in [0.15, 0.2) is 22.7 Å². The van der Waals surface area contributed by atoms with Crippen molar-refractivity contribution in [3.8, 4) is 0 Å². The zero-order chi connectivity index (χ0) is 12.3. The van der Waals surface area contributed by atoms with Gasteiger partial charge in [-0.2, -0.15) is 0 Å². The molecule has 0 bridgehead atoms. The molecule has 17 heavy (non-hydrogen) atoms. The van der Waals surface area contributed by atoms with Crippen molar-refractivity contribution < 1.29 is 4.39 Å². The topological polar surface area (TPSA) is 12.0 Å². The minimum absolute atomic E-state index is 0.196. The zero-order valence-corrected chi connectivity index (χ0v) is 11.8. The Kier molecular flexibility index (Phi) is 4.57. The third kappa shape index (κ3) is 3.52. The van der Waals surface area contributed by atoms with Gasteiger partial charge in [-0.3, -0.25) is 0 Å². The molecule has 1 fully saturated rings. The molecule has 0 aliphatic heterocycles. The lowest BCUT2D eigenvalue weighted by Crippen LogP contribution is -2.23. The van der Waals surface area contributed by atoms with Crippen molar-refractivity contribution in [1.82, 2.24) is 5.32 Å². The van der Waals surface area contributed by atoms with E-state index in [9.17, 15) is 4.39 Å². The molecule has 0 aromatic heterocycles. The zero-order valence-electron chi connectivity index (χ0n) is 10.2. The van der Waals surface area contributed by atoms with E-state index in [1.807, 2.05) is 12.1 Å². The Balaban J connectivity index is 1.79. The molecule has 0 heterocycles. The number of hydrogen-bond acceptors (Lipinski definition) is 1. The van der Waals surface area contributed by atoms with Gasteiger partial charge in [0.2, 0.25) is 0 Å². The van der Waals surface area contributed by atoms with Crippen LogP contribution >= 0.6 is 15.9 Å². The summed E-state index contributed by atoms with van der Waals surface area (Å²) in [5.41, 5.74) is 1.13. The Labute approximate surface area is 111 Å². The fourth-order valence-electron chi connectivity index (χ4n) is 2.58. The Morgan fingerprint density at radius 1 is 1.41 bits per heavy atom. The molecule has 1 aromatic rings. The molecule has 0 spiro atoms. The molecule has 2 rings (SSSR count). The minimum Gasteiger partial charge on any atom is -0.312 e. The van der Waals surface area contributed by atoms with Crippen LogP contribution < -0.4 is 5.32 Å². The molecule has 1 aliphatic rings. The molecule has 3 heteroatoms. The normalized spacial score (nSPS) is 24.2. The van der Waals surface area contributed by atoms with E-state index in [4.69, 9.17) is 0 Å². The average molecular weight is 300 g/mol. The van der Waals surface area contributed by atoms with Crippen molar-refractivity contribution in [3.05, 3.63) is 34.1 Å². The molecule has 0 radical (unpaired) electrons. The second-order valence-corrected chi connectivity index (χ2v) is 5.90. The van der Waals surface area contributed by atoms with Crippen LogP contribution in [0, 0.1) is 17.7 Å². The molecule has 1 nitrogen and oxygen atoms in total. The Bertz CT molecular complexity index is 380. The summed E-state index contributed by atoms with van der Waals surface area (Å²) in [7, 11) is 0. The fourth-order valence-corrected chi connectivity index (χ4v) is 3.00. The summed E-state index contributed by atoms with van der Waals surface area (Å²) in [5, 5.41) is 3.48. The van der Waals surface area contributed by atoms with Gasteiger partial charge in [-0.15, -0.1) is 0 Å². The molecule has 1 aromatic carbocycles. The van der Waals surface area contributed by atoms with Gasteiger partial charge in [0.05, 0.1) is 4.47 Å². The van der Waals surface area contributed by atoms with Crippen LogP contribution in [0.3, 0.4) is 0 Å². The highest BCUT2D eigenvalue weighted by atomic mass is 79.9. The maximum atomic E-state index is 13.1. The van der Waals surface area contributed by atoms with Crippen LogP contribution in [0.25, 0.3) is 0 Å². The molecule has 2 atom stereocenters. The second-order valence-electron chi connectivity index (χ2n) is 5.05. The third-order valence-electron chi connectivity index (χ3n) is 3.76. The number of nitrogens with one attached hydrogen (secondary N) is 1. The van der Waals surface area contributed by atoms with Gasteiger partial charge in [-0.25, -0.2) is 4.39 Å². The molecule has 1 saturated carbocycles. The van der Waals surface area contributed by atoms with Crippen LogP contribution in [0.5, 0.6) is 0 Å². The minimum atomic E-state index is -0.196. The highest BCUT2D eigenvalue weighted by molar-refractivity contribution is 9.10. The molecule has 0 amide bonds. The molecule has 2 unspecified atom stereocenters. The van der Waals surface area contributed by atoms with Crippen LogP contribution in [0.2, 0.25) is 0 Å². The SMILES string of the molecule is CC1CCCC1CNCc1ccc(F)c(Br)c1. The summed E-state index contributed by atoms with van der Waals surface area (Å²) in [6.07, 6.45) is 4.09. The lowest BCUT2D eigenvalue weighted by molar-refractivity contribution is 0.392. The summed E-state index contributed by atoms with van der Waals surface area (Å²) in [6.45, 7) is 4.24. The lowest BCUT2D eigenvalue weighted by atomic mass is 9.98. The van der Waals surface area contributed by atoms with Gasteiger partial charge in [-0.1, -0.05) is 25.8 Å². The van der Waals surface area contributed by atoms with Gasteiger partial charge in [0, 0.05) is 6.54 Å². The van der Waals surface area contributed by atoms with E-state index in [0.29, 0.717) is 4.47 Å². The number of benzene rings is 1. The van der Waals surface area contributed by atoms with Crippen molar-refractivity contribution in [1.29, 1.82) is 0 Å². The van der Waals surface area contributed by atoms with E-state index in [2.05, 4.69) is 28.2 Å². The number of rotatable bonds is 4. The first-order chi connectivity index (χ1) is 8.16. The molecular formula is C14H19BrFN. The summed E-state index contributed by atoms with van der Waals surface area (Å²) < 4.78 is 13.6. The first-order valence-corrected chi connectivity index (χ1v) is 7.11. The van der Waals surface area contributed by atoms with Gasteiger partial charge in [0.1, 0.15) is 5.82 Å².